The smallest absolute Gasteiger partial charge is 0.0465 e. The molecule has 0 saturated heterocycles. The molecular formula is C11H24ClN. The van der Waals surface area contributed by atoms with Gasteiger partial charge in [-0.1, -0.05) is 20.8 Å². The van der Waals surface area contributed by atoms with Gasteiger partial charge in [-0.25, -0.2) is 0 Å². The molecule has 0 saturated carbocycles. The molecule has 13 heavy (non-hydrogen) atoms. The highest BCUT2D eigenvalue weighted by Crippen LogP contribution is 2.23. The zero-order valence-corrected chi connectivity index (χ0v) is 10.6. The van der Waals surface area contributed by atoms with Gasteiger partial charge in [0.05, 0.1) is 0 Å². The third-order valence-corrected chi connectivity index (χ3v) is 2.00. The quantitative estimate of drug-likeness (QED) is 0.697. The van der Waals surface area contributed by atoms with Crippen molar-refractivity contribution < 1.29 is 0 Å². The molecule has 0 aliphatic rings. The number of hydrogen-bond donors (Lipinski definition) is 1. The number of rotatable bonds is 3. The van der Waals surface area contributed by atoms with E-state index in [0.29, 0.717) is 5.41 Å². The van der Waals surface area contributed by atoms with Crippen LogP contribution in [0.1, 0.15) is 48.0 Å². The Kier molecular flexibility index (Phi) is 4.74. The molecule has 80 valence electrons. The molecule has 0 fully saturated rings. The van der Waals surface area contributed by atoms with Crippen LogP contribution in [0.3, 0.4) is 0 Å². The Morgan fingerprint density at radius 3 is 1.85 bits per heavy atom. The average Bonchev–Trinajstić information content (AvgIpc) is 1.78. The predicted molar refractivity (Wildman–Crippen MR) is 61.5 cm³/mol. The second-order valence-electron chi connectivity index (χ2n) is 5.99. The Morgan fingerprint density at radius 1 is 1.08 bits per heavy atom. The average molecular weight is 206 g/mol. The standard InChI is InChI=1S/C11H24ClN/c1-10(2,3)7-9(12)8-13-11(4,5)6/h9,13H,7-8H2,1-6H3/t9-/m1/s1. The minimum Gasteiger partial charge on any atom is -0.311 e. The summed E-state index contributed by atoms with van der Waals surface area (Å²) in [4.78, 5) is 0. The van der Waals surface area contributed by atoms with Crippen molar-refractivity contribution in [3.8, 4) is 0 Å². The van der Waals surface area contributed by atoms with Crippen molar-refractivity contribution in [2.24, 2.45) is 5.41 Å². The van der Waals surface area contributed by atoms with Crippen molar-refractivity contribution in [3.63, 3.8) is 0 Å². The summed E-state index contributed by atoms with van der Waals surface area (Å²) in [6.45, 7) is 14.0. The maximum Gasteiger partial charge on any atom is 0.0465 e. The SMILES string of the molecule is CC(C)(C)C[C@@H](Cl)CNC(C)(C)C. The molecule has 1 atom stereocenters. The third-order valence-electron chi connectivity index (χ3n) is 1.69. The summed E-state index contributed by atoms with van der Waals surface area (Å²) in [7, 11) is 0. The lowest BCUT2D eigenvalue weighted by molar-refractivity contribution is 0.345. The van der Waals surface area contributed by atoms with Crippen molar-refractivity contribution in [1.82, 2.24) is 5.32 Å². The Hall–Kier alpha value is 0.250. The van der Waals surface area contributed by atoms with Crippen LogP contribution in [-0.4, -0.2) is 17.5 Å². The van der Waals surface area contributed by atoms with E-state index in [0.717, 1.165) is 13.0 Å². The molecule has 1 N–H and O–H groups in total. The lowest BCUT2D eigenvalue weighted by Crippen LogP contribution is -2.40. The van der Waals surface area contributed by atoms with Gasteiger partial charge in [0.2, 0.25) is 0 Å². The summed E-state index contributed by atoms with van der Waals surface area (Å²) in [5.41, 5.74) is 0.497. The molecule has 0 rings (SSSR count). The largest absolute Gasteiger partial charge is 0.311 e. The lowest BCUT2D eigenvalue weighted by atomic mass is 9.90. The molecule has 0 unspecified atom stereocenters. The second kappa shape index (κ2) is 4.65. The van der Waals surface area contributed by atoms with Crippen LogP contribution in [0.5, 0.6) is 0 Å². The summed E-state index contributed by atoms with van der Waals surface area (Å²) in [5.74, 6) is 0. The van der Waals surface area contributed by atoms with Crippen LogP contribution in [-0.2, 0) is 0 Å². The number of nitrogens with one attached hydrogen (secondary N) is 1. The third kappa shape index (κ3) is 10.2. The van der Waals surface area contributed by atoms with Crippen molar-refractivity contribution in [2.75, 3.05) is 6.54 Å². The topological polar surface area (TPSA) is 12.0 Å². The van der Waals surface area contributed by atoms with E-state index in [9.17, 15) is 0 Å². The van der Waals surface area contributed by atoms with Gasteiger partial charge in [0, 0.05) is 17.5 Å². The normalized spacial score (nSPS) is 15.9. The van der Waals surface area contributed by atoms with Gasteiger partial charge in [0.1, 0.15) is 0 Å². The summed E-state index contributed by atoms with van der Waals surface area (Å²) in [6, 6.07) is 0. The van der Waals surface area contributed by atoms with Gasteiger partial charge in [-0.3, -0.25) is 0 Å². The molecule has 1 nitrogen and oxygen atoms in total. The highest BCUT2D eigenvalue weighted by Gasteiger charge is 2.18. The molecule has 0 aromatic heterocycles. The Balaban J connectivity index is 3.70. The minimum atomic E-state index is 0.172. The zero-order chi connectivity index (χ0) is 10.7. The van der Waals surface area contributed by atoms with Crippen molar-refractivity contribution in [2.45, 2.75) is 58.9 Å². The Bertz CT molecular complexity index is 141. The second-order valence-corrected chi connectivity index (χ2v) is 6.61. The van der Waals surface area contributed by atoms with E-state index < -0.39 is 0 Å². The lowest BCUT2D eigenvalue weighted by Gasteiger charge is -2.26. The summed E-state index contributed by atoms with van der Waals surface area (Å²) in [6.07, 6.45) is 1.05. The molecule has 0 radical (unpaired) electrons. The maximum atomic E-state index is 6.21. The Labute approximate surface area is 88.2 Å². The first-order valence-corrected chi connectivity index (χ1v) is 5.43. The van der Waals surface area contributed by atoms with Gasteiger partial charge >= 0.3 is 0 Å². The molecule has 0 bridgehead atoms. The number of halogens is 1. The molecule has 0 aromatic carbocycles. The van der Waals surface area contributed by atoms with Gasteiger partial charge in [-0.2, -0.15) is 0 Å². The molecule has 2 heteroatoms. The van der Waals surface area contributed by atoms with Crippen molar-refractivity contribution >= 4 is 11.6 Å². The fraction of sp³-hybridized carbons (Fsp3) is 1.00. The number of hydrogen-bond acceptors (Lipinski definition) is 1. The van der Waals surface area contributed by atoms with Crippen LogP contribution in [0.4, 0.5) is 0 Å². The maximum absolute atomic E-state index is 6.21. The molecule has 0 heterocycles. The highest BCUT2D eigenvalue weighted by atomic mass is 35.5. The van der Waals surface area contributed by atoms with E-state index >= 15 is 0 Å². The van der Waals surface area contributed by atoms with Crippen LogP contribution in [0.25, 0.3) is 0 Å². The van der Waals surface area contributed by atoms with E-state index in [-0.39, 0.29) is 10.9 Å². The molecular weight excluding hydrogens is 182 g/mol. The van der Waals surface area contributed by atoms with E-state index in [1.165, 1.54) is 0 Å². The van der Waals surface area contributed by atoms with Crippen molar-refractivity contribution in [3.05, 3.63) is 0 Å². The van der Waals surface area contributed by atoms with Gasteiger partial charge in [-0.15, -0.1) is 11.6 Å². The first kappa shape index (κ1) is 13.2. The molecule has 0 spiro atoms. The first-order valence-electron chi connectivity index (χ1n) is 4.99. The highest BCUT2D eigenvalue weighted by molar-refractivity contribution is 6.20. The van der Waals surface area contributed by atoms with Gasteiger partial charge in [-0.05, 0) is 32.6 Å². The number of alkyl halides is 1. The molecule has 0 aromatic rings. The van der Waals surface area contributed by atoms with Crippen LogP contribution in [0.2, 0.25) is 0 Å². The zero-order valence-electron chi connectivity index (χ0n) is 9.87. The minimum absolute atomic E-state index is 0.172. The first-order chi connectivity index (χ1) is 5.60. The van der Waals surface area contributed by atoms with Crippen LogP contribution in [0.15, 0.2) is 0 Å². The van der Waals surface area contributed by atoms with E-state index in [1.54, 1.807) is 0 Å². The monoisotopic (exact) mass is 205 g/mol. The van der Waals surface area contributed by atoms with Crippen LogP contribution >= 0.6 is 11.6 Å². The fourth-order valence-corrected chi connectivity index (χ4v) is 1.69. The predicted octanol–water partition coefficient (Wildman–Crippen LogP) is 3.42. The molecule has 0 aliphatic carbocycles. The Morgan fingerprint density at radius 2 is 1.54 bits per heavy atom. The fourth-order valence-electron chi connectivity index (χ4n) is 1.15. The van der Waals surface area contributed by atoms with Gasteiger partial charge in [0.15, 0.2) is 0 Å². The van der Waals surface area contributed by atoms with E-state index in [4.69, 9.17) is 11.6 Å². The van der Waals surface area contributed by atoms with E-state index in [2.05, 4.69) is 46.9 Å². The molecule has 0 amide bonds. The van der Waals surface area contributed by atoms with Gasteiger partial charge < -0.3 is 5.32 Å². The molecule has 0 aliphatic heterocycles. The van der Waals surface area contributed by atoms with Crippen LogP contribution < -0.4 is 5.32 Å². The summed E-state index contributed by atoms with van der Waals surface area (Å²) < 4.78 is 0. The van der Waals surface area contributed by atoms with Crippen LogP contribution in [0, 0.1) is 5.41 Å². The summed E-state index contributed by atoms with van der Waals surface area (Å²) >= 11 is 6.21. The van der Waals surface area contributed by atoms with Gasteiger partial charge in [0.25, 0.3) is 0 Å². The van der Waals surface area contributed by atoms with Crippen molar-refractivity contribution in [1.29, 1.82) is 0 Å². The summed E-state index contributed by atoms with van der Waals surface area (Å²) in [5, 5.41) is 3.65. The van der Waals surface area contributed by atoms with E-state index in [1.807, 2.05) is 0 Å².